The number of rotatable bonds is 5. The number of anilines is 1. The summed E-state index contributed by atoms with van der Waals surface area (Å²) >= 11 is 0. The van der Waals surface area contributed by atoms with Gasteiger partial charge >= 0.3 is 0 Å². The molecule has 3 aliphatic heterocycles. The molecule has 5 heteroatoms. The van der Waals surface area contributed by atoms with Crippen molar-refractivity contribution in [2.75, 3.05) is 25.1 Å². The topological polar surface area (TPSA) is 53.6 Å². The van der Waals surface area contributed by atoms with Crippen LogP contribution < -0.4 is 20.3 Å². The van der Waals surface area contributed by atoms with E-state index in [0.717, 1.165) is 37.4 Å². The van der Waals surface area contributed by atoms with Crippen LogP contribution in [-0.2, 0) is 4.79 Å². The second-order valence-electron chi connectivity index (χ2n) is 8.18. The van der Waals surface area contributed by atoms with Gasteiger partial charge in [0.25, 0.3) is 0 Å². The molecular weight excluding hydrogens is 326 g/mol. The van der Waals surface area contributed by atoms with Crippen LogP contribution in [0.3, 0.4) is 0 Å². The number of carbonyl (C=O) groups is 1. The van der Waals surface area contributed by atoms with Crippen molar-refractivity contribution >= 4 is 11.6 Å². The van der Waals surface area contributed by atoms with Crippen LogP contribution >= 0.6 is 0 Å². The third-order valence-corrected chi connectivity index (χ3v) is 6.33. The summed E-state index contributed by atoms with van der Waals surface area (Å²) in [5.41, 5.74) is 1.16. The molecule has 1 aromatic rings. The van der Waals surface area contributed by atoms with Gasteiger partial charge in [0.2, 0.25) is 5.91 Å². The van der Waals surface area contributed by atoms with Gasteiger partial charge in [0.15, 0.2) is 0 Å². The molecule has 2 bridgehead atoms. The number of methoxy groups -OCH3 is 1. The minimum Gasteiger partial charge on any atom is -0.495 e. The third-order valence-electron chi connectivity index (χ3n) is 6.33. The number of carbonyl (C=O) groups excluding carboxylic acids is 1. The Morgan fingerprint density at radius 2 is 1.85 bits per heavy atom. The molecule has 142 valence electrons. The molecule has 3 saturated heterocycles. The van der Waals surface area contributed by atoms with Gasteiger partial charge in [0, 0.05) is 37.6 Å². The zero-order valence-electron chi connectivity index (χ0n) is 15.7. The largest absolute Gasteiger partial charge is 0.495 e. The lowest BCUT2D eigenvalue weighted by atomic mass is 9.89. The Hall–Kier alpha value is -1.75. The van der Waals surface area contributed by atoms with Gasteiger partial charge in [-0.15, -0.1) is 0 Å². The number of amides is 1. The van der Waals surface area contributed by atoms with E-state index in [4.69, 9.17) is 4.74 Å². The van der Waals surface area contributed by atoms with E-state index < -0.39 is 0 Å². The van der Waals surface area contributed by atoms with Crippen molar-refractivity contribution in [3.05, 3.63) is 24.3 Å². The number of ether oxygens (including phenoxy) is 1. The summed E-state index contributed by atoms with van der Waals surface area (Å²) < 4.78 is 5.48. The zero-order valence-corrected chi connectivity index (χ0v) is 15.7. The van der Waals surface area contributed by atoms with Crippen LogP contribution in [0.25, 0.3) is 0 Å². The first-order chi connectivity index (χ1) is 12.7. The van der Waals surface area contributed by atoms with Gasteiger partial charge in [-0.2, -0.15) is 0 Å². The summed E-state index contributed by atoms with van der Waals surface area (Å²) in [6.07, 6.45) is 7.66. The van der Waals surface area contributed by atoms with E-state index in [2.05, 4.69) is 27.7 Å². The molecule has 4 rings (SSSR count). The molecule has 2 unspecified atom stereocenters. The molecule has 0 aliphatic carbocycles. The third kappa shape index (κ3) is 3.98. The highest BCUT2D eigenvalue weighted by Gasteiger charge is 2.34. The Balaban J connectivity index is 1.24. The van der Waals surface area contributed by atoms with E-state index in [0.29, 0.717) is 30.5 Å². The molecule has 1 amide bonds. The van der Waals surface area contributed by atoms with Crippen molar-refractivity contribution in [3.8, 4) is 5.75 Å². The number of benzene rings is 1. The van der Waals surface area contributed by atoms with Crippen molar-refractivity contribution in [2.24, 2.45) is 5.92 Å². The smallest absolute Gasteiger partial charge is 0.220 e. The Morgan fingerprint density at radius 1 is 1.15 bits per heavy atom. The molecular formula is C21H31N3O2. The molecule has 0 spiro atoms. The SMILES string of the molecule is COc1ccccc1N1CCC(NC(=O)CC2CC3CCC(C2)N3)CC1. The Kier molecular flexibility index (Phi) is 5.34. The average molecular weight is 357 g/mol. The number of nitrogens with zero attached hydrogens (tertiary/aromatic N) is 1. The van der Waals surface area contributed by atoms with E-state index in [9.17, 15) is 4.79 Å². The van der Waals surface area contributed by atoms with Gasteiger partial charge in [0.05, 0.1) is 12.8 Å². The summed E-state index contributed by atoms with van der Waals surface area (Å²) in [5.74, 6) is 1.75. The summed E-state index contributed by atoms with van der Waals surface area (Å²) in [6, 6.07) is 9.82. The Labute approximate surface area is 156 Å². The first kappa shape index (κ1) is 17.7. The molecule has 3 fully saturated rings. The second kappa shape index (κ2) is 7.87. The molecule has 0 saturated carbocycles. The van der Waals surface area contributed by atoms with Crippen LogP contribution in [0.5, 0.6) is 5.75 Å². The second-order valence-corrected chi connectivity index (χ2v) is 8.18. The van der Waals surface area contributed by atoms with E-state index in [-0.39, 0.29) is 5.91 Å². The highest BCUT2D eigenvalue weighted by molar-refractivity contribution is 5.76. The van der Waals surface area contributed by atoms with E-state index in [1.54, 1.807) is 7.11 Å². The predicted octanol–water partition coefficient (Wildman–Crippen LogP) is 2.70. The number of nitrogens with one attached hydrogen (secondary N) is 2. The molecule has 5 nitrogen and oxygen atoms in total. The van der Waals surface area contributed by atoms with Gasteiger partial charge in [0.1, 0.15) is 5.75 Å². The monoisotopic (exact) mass is 357 g/mol. The van der Waals surface area contributed by atoms with Crippen LogP contribution in [0.1, 0.15) is 44.9 Å². The minimum atomic E-state index is 0.257. The minimum absolute atomic E-state index is 0.257. The van der Waals surface area contributed by atoms with Crippen molar-refractivity contribution in [1.82, 2.24) is 10.6 Å². The normalized spacial score (nSPS) is 28.8. The fourth-order valence-corrected chi connectivity index (χ4v) is 5.05. The number of hydrogen-bond donors (Lipinski definition) is 2. The van der Waals surface area contributed by atoms with Crippen LogP contribution in [-0.4, -0.2) is 44.2 Å². The van der Waals surface area contributed by atoms with E-state index in [1.165, 1.54) is 25.7 Å². The number of piperidine rings is 2. The summed E-state index contributed by atoms with van der Waals surface area (Å²) in [6.45, 7) is 1.92. The first-order valence-electron chi connectivity index (χ1n) is 10.1. The highest BCUT2D eigenvalue weighted by atomic mass is 16.5. The van der Waals surface area contributed by atoms with E-state index in [1.807, 2.05) is 12.1 Å². The maximum absolute atomic E-state index is 12.5. The molecule has 26 heavy (non-hydrogen) atoms. The Morgan fingerprint density at radius 3 is 2.54 bits per heavy atom. The van der Waals surface area contributed by atoms with Gasteiger partial charge in [-0.05, 0) is 56.6 Å². The summed E-state index contributed by atoms with van der Waals surface area (Å²) in [5, 5.41) is 6.96. The fourth-order valence-electron chi connectivity index (χ4n) is 5.05. The van der Waals surface area contributed by atoms with Gasteiger partial charge in [-0.3, -0.25) is 4.79 Å². The van der Waals surface area contributed by atoms with Crippen molar-refractivity contribution in [1.29, 1.82) is 0 Å². The quantitative estimate of drug-likeness (QED) is 0.851. The molecule has 0 aromatic heterocycles. The standard InChI is InChI=1S/C21H31N3O2/c1-26-20-5-3-2-4-19(20)24-10-8-16(9-11-24)23-21(25)14-15-12-17-6-7-18(13-15)22-17/h2-5,15-18,22H,6-14H2,1H3,(H,23,25). The molecule has 3 aliphatic rings. The van der Waals surface area contributed by atoms with E-state index >= 15 is 0 Å². The molecule has 3 heterocycles. The summed E-state index contributed by atoms with van der Waals surface area (Å²) in [7, 11) is 1.72. The van der Waals surface area contributed by atoms with Crippen LogP contribution in [0, 0.1) is 5.92 Å². The number of para-hydroxylation sites is 2. The highest BCUT2D eigenvalue weighted by Crippen LogP contribution is 2.33. The zero-order chi connectivity index (χ0) is 17.9. The average Bonchev–Trinajstić information content (AvgIpc) is 3.00. The molecule has 0 radical (unpaired) electrons. The maximum atomic E-state index is 12.5. The summed E-state index contributed by atoms with van der Waals surface area (Å²) in [4.78, 5) is 14.9. The lowest BCUT2D eigenvalue weighted by molar-refractivity contribution is -0.123. The van der Waals surface area contributed by atoms with Crippen molar-refractivity contribution < 1.29 is 9.53 Å². The predicted molar refractivity (Wildman–Crippen MR) is 104 cm³/mol. The van der Waals surface area contributed by atoms with Crippen LogP contribution in [0.4, 0.5) is 5.69 Å². The van der Waals surface area contributed by atoms with Gasteiger partial charge in [-0.25, -0.2) is 0 Å². The van der Waals surface area contributed by atoms with Crippen molar-refractivity contribution in [3.63, 3.8) is 0 Å². The Bertz CT molecular complexity index is 615. The molecule has 1 aromatic carbocycles. The maximum Gasteiger partial charge on any atom is 0.220 e. The lowest BCUT2D eigenvalue weighted by Crippen LogP contribution is -2.46. The van der Waals surface area contributed by atoms with Crippen LogP contribution in [0.15, 0.2) is 24.3 Å². The molecule has 2 N–H and O–H groups in total. The number of fused-ring (bicyclic) bond motifs is 2. The van der Waals surface area contributed by atoms with Crippen molar-refractivity contribution in [2.45, 2.75) is 63.1 Å². The number of hydrogen-bond acceptors (Lipinski definition) is 4. The fraction of sp³-hybridized carbons (Fsp3) is 0.667. The first-order valence-corrected chi connectivity index (χ1v) is 10.1. The lowest BCUT2D eigenvalue weighted by Gasteiger charge is -2.35. The van der Waals surface area contributed by atoms with Gasteiger partial charge < -0.3 is 20.3 Å². The van der Waals surface area contributed by atoms with Gasteiger partial charge in [-0.1, -0.05) is 12.1 Å². The molecule has 2 atom stereocenters. The van der Waals surface area contributed by atoms with Crippen LogP contribution in [0.2, 0.25) is 0 Å².